The number of amides is 1. The van der Waals surface area contributed by atoms with Crippen molar-refractivity contribution in [2.24, 2.45) is 0 Å². The maximum atomic E-state index is 12.4. The number of halogens is 2. The summed E-state index contributed by atoms with van der Waals surface area (Å²) < 4.78 is 0. The summed E-state index contributed by atoms with van der Waals surface area (Å²) >= 11 is 1.43. The molecule has 2 aromatic heterocycles. The Morgan fingerprint density at radius 3 is 2.50 bits per heavy atom. The van der Waals surface area contributed by atoms with E-state index in [0.717, 1.165) is 23.4 Å². The Kier molecular flexibility index (Phi) is 6.57. The second kappa shape index (κ2) is 8.25. The SMILES string of the molecule is Cl.Cl.O=C(NC1CC2CCC(C1)N2)c1cnc(-c2ccncc2)s1. The van der Waals surface area contributed by atoms with E-state index in [1.807, 2.05) is 12.1 Å². The predicted molar refractivity (Wildman–Crippen MR) is 100 cm³/mol. The Balaban J connectivity index is 0.00000104. The van der Waals surface area contributed by atoms with Gasteiger partial charge in [0.05, 0.1) is 6.20 Å². The van der Waals surface area contributed by atoms with Gasteiger partial charge in [-0.1, -0.05) is 0 Å². The fourth-order valence-electron chi connectivity index (χ4n) is 3.44. The van der Waals surface area contributed by atoms with Crippen LogP contribution in [0.1, 0.15) is 35.4 Å². The number of nitrogens with zero attached hydrogens (tertiary/aromatic N) is 2. The van der Waals surface area contributed by atoms with Crippen LogP contribution in [0, 0.1) is 0 Å². The van der Waals surface area contributed by atoms with Gasteiger partial charge in [0.25, 0.3) is 5.91 Å². The number of piperidine rings is 1. The molecule has 0 aliphatic carbocycles. The molecule has 4 heterocycles. The molecule has 2 aliphatic rings. The summed E-state index contributed by atoms with van der Waals surface area (Å²) in [7, 11) is 0. The number of thiazole rings is 1. The van der Waals surface area contributed by atoms with Crippen LogP contribution in [0.5, 0.6) is 0 Å². The van der Waals surface area contributed by atoms with Gasteiger partial charge in [0, 0.05) is 36.1 Å². The summed E-state index contributed by atoms with van der Waals surface area (Å²) in [6, 6.07) is 5.27. The summed E-state index contributed by atoms with van der Waals surface area (Å²) in [6.45, 7) is 0. The average Bonchev–Trinajstić information content (AvgIpc) is 3.15. The van der Waals surface area contributed by atoms with E-state index < -0.39 is 0 Å². The second-order valence-corrected chi connectivity index (χ2v) is 7.08. The van der Waals surface area contributed by atoms with Gasteiger partial charge in [0.1, 0.15) is 9.88 Å². The number of hydrogen-bond acceptors (Lipinski definition) is 5. The minimum atomic E-state index is 0. The number of rotatable bonds is 3. The molecule has 2 N–H and O–H groups in total. The predicted octanol–water partition coefficient (Wildman–Crippen LogP) is 3.06. The molecule has 2 saturated heterocycles. The smallest absolute Gasteiger partial charge is 0.263 e. The molecule has 0 spiro atoms. The molecule has 1 amide bonds. The second-order valence-electron chi connectivity index (χ2n) is 6.05. The molecule has 2 bridgehead atoms. The van der Waals surface area contributed by atoms with Gasteiger partial charge in [-0.3, -0.25) is 9.78 Å². The van der Waals surface area contributed by atoms with Gasteiger partial charge in [-0.25, -0.2) is 4.98 Å². The Hall–Kier alpha value is -1.21. The third-order valence-corrected chi connectivity index (χ3v) is 5.51. The van der Waals surface area contributed by atoms with E-state index in [-0.39, 0.29) is 36.8 Å². The number of pyridine rings is 1. The Morgan fingerprint density at radius 2 is 1.83 bits per heavy atom. The molecular formula is C16H20Cl2N4OS. The van der Waals surface area contributed by atoms with E-state index in [2.05, 4.69) is 20.6 Å². The van der Waals surface area contributed by atoms with Crippen molar-refractivity contribution in [2.45, 2.75) is 43.8 Å². The number of aromatic nitrogens is 2. The Labute approximate surface area is 157 Å². The van der Waals surface area contributed by atoms with Crippen molar-refractivity contribution < 1.29 is 4.79 Å². The number of hydrogen-bond donors (Lipinski definition) is 2. The Bertz CT molecular complexity index is 670. The highest BCUT2D eigenvalue weighted by Gasteiger charge is 2.34. The van der Waals surface area contributed by atoms with Crippen molar-refractivity contribution in [3.63, 3.8) is 0 Å². The highest BCUT2D eigenvalue weighted by molar-refractivity contribution is 7.16. The highest BCUT2D eigenvalue weighted by Crippen LogP contribution is 2.28. The monoisotopic (exact) mass is 386 g/mol. The van der Waals surface area contributed by atoms with Crippen LogP contribution < -0.4 is 10.6 Å². The molecule has 2 aromatic rings. The van der Waals surface area contributed by atoms with Crippen LogP contribution in [0.25, 0.3) is 10.6 Å². The molecule has 2 fully saturated rings. The normalized spacial score (nSPS) is 24.6. The van der Waals surface area contributed by atoms with Gasteiger partial charge in [-0.15, -0.1) is 36.2 Å². The average molecular weight is 387 g/mol. The van der Waals surface area contributed by atoms with Crippen LogP contribution in [0.15, 0.2) is 30.7 Å². The molecule has 24 heavy (non-hydrogen) atoms. The Morgan fingerprint density at radius 1 is 1.17 bits per heavy atom. The van der Waals surface area contributed by atoms with Gasteiger partial charge in [0.2, 0.25) is 0 Å². The summed E-state index contributed by atoms with van der Waals surface area (Å²) in [5.41, 5.74) is 0.999. The van der Waals surface area contributed by atoms with Crippen LogP contribution in [0.3, 0.4) is 0 Å². The van der Waals surface area contributed by atoms with Gasteiger partial charge in [-0.05, 0) is 37.8 Å². The van der Waals surface area contributed by atoms with Crippen molar-refractivity contribution in [3.8, 4) is 10.6 Å². The molecule has 2 unspecified atom stereocenters. The maximum Gasteiger partial charge on any atom is 0.263 e. The summed E-state index contributed by atoms with van der Waals surface area (Å²) in [4.78, 5) is 21.5. The van der Waals surface area contributed by atoms with Gasteiger partial charge in [-0.2, -0.15) is 0 Å². The molecule has 0 saturated carbocycles. The lowest BCUT2D eigenvalue weighted by molar-refractivity contribution is 0.0928. The van der Waals surface area contributed by atoms with Gasteiger partial charge >= 0.3 is 0 Å². The molecule has 2 atom stereocenters. The van der Waals surface area contributed by atoms with Crippen molar-refractivity contribution in [2.75, 3.05) is 0 Å². The lowest BCUT2D eigenvalue weighted by Gasteiger charge is -2.29. The van der Waals surface area contributed by atoms with Crippen molar-refractivity contribution in [1.82, 2.24) is 20.6 Å². The van der Waals surface area contributed by atoms with E-state index in [9.17, 15) is 4.79 Å². The number of carbonyl (C=O) groups excluding carboxylic acids is 1. The fraction of sp³-hybridized carbons (Fsp3) is 0.438. The largest absolute Gasteiger partial charge is 0.348 e. The molecule has 0 radical (unpaired) electrons. The molecule has 130 valence electrons. The third kappa shape index (κ3) is 4.06. The first kappa shape index (κ1) is 19.1. The van der Waals surface area contributed by atoms with Crippen molar-refractivity contribution in [3.05, 3.63) is 35.6 Å². The van der Waals surface area contributed by atoms with E-state index in [0.29, 0.717) is 17.0 Å². The number of fused-ring (bicyclic) bond motifs is 2. The third-order valence-electron chi connectivity index (χ3n) is 4.47. The molecular weight excluding hydrogens is 367 g/mol. The van der Waals surface area contributed by atoms with E-state index in [4.69, 9.17) is 0 Å². The first-order valence-electron chi connectivity index (χ1n) is 7.71. The first-order valence-corrected chi connectivity index (χ1v) is 8.53. The summed E-state index contributed by atoms with van der Waals surface area (Å²) in [6.07, 6.45) is 9.71. The zero-order valence-corrected chi connectivity index (χ0v) is 15.4. The van der Waals surface area contributed by atoms with Crippen molar-refractivity contribution in [1.29, 1.82) is 0 Å². The molecule has 4 rings (SSSR count). The number of carbonyl (C=O) groups is 1. The minimum absolute atomic E-state index is 0. The molecule has 2 aliphatic heterocycles. The van der Waals surface area contributed by atoms with Crippen LogP contribution in [0.4, 0.5) is 0 Å². The first-order chi connectivity index (χ1) is 10.8. The van der Waals surface area contributed by atoms with Crippen LogP contribution in [0.2, 0.25) is 0 Å². The zero-order valence-electron chi connectivity index (χ0n) is 13.0. The highest BCUT2D eigenvalue weighted by atomic mass is 35.5. The van der Waals surface area contributed by atoms with Crippen LogP contribution >= 0.6 is 36.2 Å². The van der Waals surface area contributed by atoms with Crippen molar-refractivity contribution >= 4 is 42.1 Å². The topological polar surface area (TPSA) is 66.9 Å². The lowest BCUT2D eigenvalue weighted by Crippen LogP contribution is -2.47. The number of nitrogens with one attached hydrogen (secondary N) is 2. The van der Waals surface area contributed by atoms with E-state index in [1.54, 1.807) is 18.6 Å². The van der Waals surface area contributed by atoms with Gasteiger partial charge in [0.15, 0.2) is 0 Å². The molecule has 8 heteroatoms. The molecule has 5 nitrogen and oxygen atoms in total. The maximum absolute atomic E-state index is 12.4. The summed E-state index contributed by atoms with van der Waals surface area (Å²) in [5.74, 6) is 0.00380. The van der Waals surface area contributed by atoms with Crippen LogP contribution in [-0.2, 0) is 0 Å². The van der Waals surface area contributed by atoms with E-state index >= 15 is 0 Å². The quantitative estimate of drug-likeness (QED) is 0.850. The van der Waals surface area contributed by atoms with Crippen LogP contribution in [-0.4, -0.2) is 34.0 Å². The minimum Gasteiger partial charge on any atom is -0.348 e. The van der Waals surface area contributed by atoms with Gasteiger partial charge < -0.3 is 10.6 Å². The summed E-state index contributed by atoms with van der Waals surface area (Å²) in [5, 5.41) is 7.63. The zero-order chi connectivity index (χ0) is 14.9. The standard InChI is InChI=1S/C16H18N4OS.2ClH/c21-15(20-13-7-11-1-2-12(8-13)19-11)14-9-18-16(22-14)10-3-5-17-6-4-10;;/h3-6,9,11-13,19H,1-2,7-8H2,(H,20,21);2*1H. The molecule has 0 aromatic carbocycles. The van der Waals surface area contributed by atoms with E-state index in [1.165, 1.54) is 24.2 Å². The fourth-order valence-corrected chi connectivity index (χ4v) is 4.26. The lowest BCUT2D eigenvalue weighted by atomic mass is 10.00.